The molecule has 0 radical (unpaired) electrons. The number of nitrogens with zero attached hydrogens (tertiary/aromatic N) is 1. The maximum absolute atomic E-state index is 3.41. The molecule has 1 rings (SSSR count). The smallest absolute Gasteiger partial charge is 0.00187 e. The number of hydrogen-bond acceptors (Lipinski definition) is 2. The van der Waals surface area contributed by atoms with Crippen molar-refractivity contribution in [2.24, 2.45) is 5.92 Å². The second kappa shape index (κ2) is 4.73. The third kappa shape index (κ3) is 3.21. The minimum absolute atomic E-state index is 0.936. The van der Waals surface area contributed by atoms with E-state index in [0.29, 0.717) is 0 Å². The summed E-state index contributed by atoms with van der Waals surface area (Å²) in [6.45, 7) is 7.09. The van der Waals surface area contributed by atoms with E-state index in [2.05, 4.69) is 24.2 Å². The zero-order valence-corrected chi connectivity index (χ0v) is 7.77. The average Bonchev–Trinajstić information content (AvgIpc) is 2.04. The lowest BCUT2D eigenvalue weighted by Crippen LogP contribution is -2.34. The van der Waals surface area contributed by atoms with E-state index in [9.17, 15) is 0 Å². The van der Waals surface area contributed by atoms with E-state index >= 15 is 0 Å². The van der Waals surface area contributed by atoms with Gasteiger partial charge in [-0.25, -0.2) is 0 Å². The Morgan fingerprint density at radius 2 is 2.00 bits per heavy atom. The van der Waals surface area contributed by atoms with Crippen molar-refractivity contribution < 1.29 is 0 Å². The van der Waals surface area contributed by atoms with Crippen molar-refractivity contribution >= 4 is 0 Å². The van der Waals surface area contributed by atoms with Crippen molar-refractivity contribution in [3.8, 4) is 0 Å². The van der Waals surface area contributed by atoms with E-state index in [1.807, 2.05) is 0 Å². The summed E-state index contributed by atoms with van der Waals surface area (Å²) < 4.78 is 0. The molecule has 1 fully saturated rings. The van der Waals surface area contributed by atoms with Gasteiger partial charge in [0.05, 0.1) is 0 Å². The number of likely N-dealkylation sites (tertiary alicyclic amines) is 1. The lowest BCUT2D eigenvalue weighted by atomic mass is 9.97. The molecular formula is C9H20N2. The van der Waals surface area contributed by atoms with Gasteiger partial charge in [-0.3, -0.25) is 0 Å². The summed E-state index contributed by atoms with van der Waals surface area (Å²) in [5, 5.41) is 3.41. The summed E-state index contributed by atoms with van der Waals surface area (Å²) in [7, 11) is 2.21. The van der Waals surface area contributed by atoms with Crippen molar-refractivity contribution in [3.63, 3.8) is 0 Å². The van der Waals surface area contributed by atoms with Gasteiger partial charge in [-0.05, 0) is 52.0 Å². The fourth-order valence-electron chi connectivity index (χ4n) is 1.61. The number of nitrogens with one attached hydrogen (secondary N) is 1. The van der Waals surface area contributed by atoms with Crippen molar-refractivity contribution in [2.45, 2.75) is 19.8 Å². The van der Waals surface area contributed by atoms with Crippen LogP contribution in [0.2, 0.25) is 0 Å². The molecule has 1 N–H and O–H groups in total. The summed E-state index contributed by atoms with van der Waals surface area (Å²) in [6.07, 6.45) is 2.76. The Kier molecular flexibility index (Phi) is 3.87. The molecule has 1 aliphatic heterocycles. The minimum atomic E-state index is 0.936. The van der Waals surface area contributed by atoms with E-state index in [0.717, 1.165) is 12.5 Å². The van der Waals surface area contributed by atoms with Crippen LogP contribution in [0.25, 0.3) is 0 Å². The molecule has 11 heavy (non-hydrogen) atoms. The number of hydrogen-bond donors (Lipinski definition) is 1. The molecule has 1 heterocycles. The predicted molar refractivity (Wildman–Crippen MR) is 48.8 cm³/mol. The van der Waals surface area contributed by atoms with Gasteiger partial charge >= 0.3 is 0 Å². The molecule has 0 atom stereocenters. The van der Waals surface area contributed by atoms with Crippen LogP contribution in [0.5, 0.6) is 0 Å². The Hall–Kier alpha value is -0.0800. The van der Waals surface area contributed by atoms with E-state index in [1.54, 1.807) is 0 Å². The van der Waals surface area contributed by atoms with Crippen LogP contribution in [-0.4, -0.2) is 38.1 Å². The quantitative estimate of drug-likeness (QED) is 0.654. The second-order valence-corrected chi connectivity index (χ2v) is 3.55. The summed E-state index contributed by atoms with van der Waals surface area (Å²) in [5.41, 5.74) is 0. The summed E-state index contributed by atoms with van der Waals surface area (Å²) in [5.74, 6) is 0.936. The number of piperidine rings is 1. The molecule has 1 saturated heterocycles. The monoisotopic (exact) mass is 156 g/mol. The van der Waals surface area contributed by atoms with Gasteiger partial charge in [-0.1, -0.05) is 6.92 Å². The van der Waals surface area contributed by atoms with E-state index in [-0.39, 0.29) is 0 Å². The zero-order chi connectivity index (χ0) is 8.10. The van der Waals surface area contributed by atoms with Crippen LogP contribution in [0.3, 0.4) is 0 Å². The molecule has 0 saturated carbocycles. The summed E-state index contributed by atoms with van der Waals surface area (Å²) >= 11 is 0. The van der Waals surface area contributed by atoms with Crippen molar-refractivity contribution in [2.75, 3.05) is 33.2 Å². The molecule has 0 unspecified atom stereocenters. The fraction of sp³-hybridized carbons (Fsp3) is 1.00. The van der Waals surface area contributed by atoms with Gasteiger partial charge in [0.2, 0.25) is 0 Å². The average molecular weight is 156 g/mol. The first-order chi connectivity index (χ1) is 5.33. The van der Waals surface area contributed by atoms with Gasteiger partial charge in [-0.2, -0.15) is 0 Å². The molecule has 66 valence electrons. The van der Waals surface area contributed by atoms with Gasteiger partial charge in [0.15, 0.2) is 0 Å². The van der Waals surface area contributed by atoms with E-state index < -0.39 is 0 Å². The molecule has 0 amide bonds. The van der Waals surface area contributed by atoms with Crippen molar-refractivity contribution in [1.29, 1.82) is 0 Å². The van der Waals surface area contributed by atoms with Gasteiger partial charge in [0, 0.05) is 0 Å². The topological polar surface area (TPSA) is 15.3 Å². The Morgan fingerprint density at radius 1 is 1.36 bits per heavy atom. The summed E-state index contributed by atoms with van der Waals surface area (Å²) in [6, 6.07) is 0. The standard InChI is InChI=1S/C9H20N2/c1-3-10-8-9-4-6-11(2)7-5-9/h9-10H,3-8H2,1-2H3. The van der Waals surface area contributed by atoms with Crippen LogP contribution < -0.4 is 5.32 Å². The highest BCUT2D eigenvalue weighted by molar-refractivity contribution is 4.71. The van der Waals surface area contributed by atoms with E-state index in [4.69, 9.17) is 0 Å². The van der Waals surface area contributed by atoms with Crippen LogP contribution in [0.1, 0.15) is 19.8 Å². The lowest BCUT2D eigenvalue weighted by molar-refractivity contribution is 0.217. The Morgan fingerprint density at radius 3 is 2.55 bits per heavy atom. The zero-order valence-electron chi connectivity index (χ0n) is 7.77. The Bertz CT molecular complexity index is 93.0. The van der Waals surface area contributed by atoms with Crippen molar-refractivity contribution in [3.05, 3.63) is 0 Å². The molecule has 0 aromatic rings. The van der Waals surface area contributed by atoms with Gasteiger partial charge in [-0.15, -0.1) is 0 Å². The van der Waals surface area contributed by atoms with Gasteiger partial charge in [0.25, 0.3) is 0 Å². The van der Waals surface area contributed by atoms with Crippen LogP contribution >= 0.6 is 0 Å². The Labute approximate surface area is 70.0 Å². The molecule has 0 aromatic carbocycles. The molecular weight excluding hydrogens is 136 g/mol. The molecule has 0 bridgehead atoms. The van der Waals surface area contributed by atoms with Crippen LogP contribution in [0, 0.1) is 5.92 Å². The highest BCUT2D eigenvalue weighted by Gasteiger charge is 2.15. The Balaban J connectivity index is 2.07. The van der Waals surface area contributed by atoms with Crippen molar-refractivity contribution in [1.82, 2.24) is 10.2 Å². The molecule has 0 aliphatic carbocycles. The SMILES string of the molecule is CCNCC1CCN(C)CC1. The lowest BCUT2D eigenvalue weighted by Gasteiger charge is -2.28. The largest absolute Gasteiger partial charge is 0.317 e. The van der Waals surface area contributed by atoms with E-state index in [1.165, 1.54) is 32.5 Å². The third-order valence-corrected chi connectivity index (χ3v) is 2.52. The number of rotatable bonds is 3. The maximum atomic E-state index is 3.41. The second-order valence-electron chi connectivity index (χ2n) is 3.55. The van der Waals surface area contributed by atoms with Crippen LogP contribution in [0.4, 0.5) is 0 Å². The summed E-state index contributed by atoms with van der Waals surface area (Å²) in [4.78, 5) is 2.42. The fourth-order valence-corrected chi connectivity index (χ4v) is 1.61. The first kappa shape index (κ1) is 9.01. The first-order valence-corrected chi connectivity index (χ1v) is 4.72. The third-order valence-electron chi connectivity index (χ3n) is 2.52. The first-order valence-electron chi connectivity index (χ1n) is 4.72. The highest BCUT2D eigenvalue weighted by Crippen LogP contribution is 2.14. The molecule has 2 nitrogen and oxygen atoms in total. The van der Waals surface area contributed by atoms with Crippen LogP contribution in [-0.2, 0) is 0 Å². The molecule has 0 spiro atoms. The van der Waals surface area contributed by atoms with Gasteiger partial charge in [0.1, 0.15) is 0 Å². The molecule has 0 aromatic heterocycles. The van der Waals surface area contributed by atoms with Crippen LogP contribution in [0.15, 0.2) is 0 Å². The predicted octanol–water partition coefficient (Wildman–Crippen LogP) is 0.938. The molecule has 2 heteroatoms. The normalized spacial score (nSPS) is 22.4. The maximum Gasteiger partial charge on any atom is -0.00187 e. The van der Waals surface area contributed by atoms with Gasteiger partial charge < -0.3 is 10.2 Å². The molecule has 1 aliphatic rings. The highest BCUT2D eigenvalue weighted by atomic mass is 15.1. The minimum Gasteiger partial charge on any atom is -0.317 e.